The molecule has 0 saturated carbocycles. The molecule has 2 aromatic rings. The smallest absolute Gasteiger partial charge is 0.245 e. The SMILES string of the molecule is CC(C)Cc1noc(CNc2cccc(Cl)c2F)n1. The van der Waals surface area contributed by atoms with Crippen molar-refractivity contribution in [3.63, 3.8) is 0 Å². The minimum Gasteiger partial charge on any atom is -0.374 e. The molecule has 102 valence electrons. The molecule has 1 heterocycles. The Labute approximate surface area is 116 Å². The Bertz CT molecular complexity index is 557. The fourth-order valence-corrected chi connectivity index (χ4v) is 1.80. The van der Waals surface area contributed by atoms with Crippen LogP contribution in [0.3, 0.4) is 0 Å². The molecule has 0 aliphatic heterocycles. The number of halogens is 2. The van der Waals surface area contributed by atoms with Gasteiger partial charge in [-0.25, -0.2) is 4.39 Å². The maximum absolute atomic E-state index is 13.6. The van der Waals surface area contributed by atoms with Crippen molar-refractivity contribution in [3.05, 3.63) is 40.8 Å². The number of rotatable bonds is 5. The highest BCUT2D eigenvalue weighted by atomic mass is 35.5. The molecule has 0 radical (unpaired) electrons. The van der Waals surface area contributed by atoms with E-state index >= 15 is 0 Å². The predicted octanol–water partition coefficient (Wildman–Crippen LogP) is 3.67. The molecule has 2 rings (SSSR count). The van der Waals surface area contributed by atoms with Gasteiger partial charge in [-0.2, -0.15) is 4.98 Å². The van der Waals surface area contributed by atoms with Crippen molar-refractivity contribution in [1.82, 2.24) is 10.1 Å². The molecule has 19 heavy (non-hydrogen) atoms. The zero-order valence-corrected chi connectivity index (χ0v) is 11.5. The van der Waals surface area contributed by atoms with Crippen molar-refractivity contribution in [2.45, 2.75) is 26.8 Å². The minimum atomic E-state index is -0.480. The molecule has 0 bridgehead atoms. The second-order valence-corrected chi connectivity index (χ2v) is 5.06. The lowest BCUT2D eigenvalue weighted by molar-refractivity contribution is 0.375. The molecular formula is C13H15ClFN3O. The standard InChI is InChI=1S/C13H15ClFN3O/c1-8(2)6-11-17-12(19-18-11)7-16-10-5-3-4-9(14)13(10)15/h3-5,8,16H,6-7H2,1-2H3. The zero-order chi connectivity index (χ0) is 13.8. The first kappa shape index (κ1) is 13.8. The number of nitrogens with one attached hydrogen (secondary N) is 1. The molecule has 0 unspecified atom stereocenters. The van der Waals surface area contributed by atoms with E-state index in [1.165, 1.54) is 6.07 Å². The van der Waals surface area contributed by atoms with Crippen LogP contribution in [-0.2, 0) is 13.0 Å². The molecule has 0 saturated heterocycles. The minimum absolute atomic E-state index is 0.0797. The van der Waals surface area contributed by atoms with E-state index < -0.39 is 5.82 Å². The van der Waals surface area contributed by atoms with Crippen LogP contribution in [-0.4, -0.2) is 10.1 Å². The van der Waals surface area contributed by atoms with Gasteiger partial charge in [0.05, 0.1) is 17.3 Å². The number of nitrogens with zero attached hydrogens (tertiary/aromatic N) is 2. The van der Waals surface area contributed by atoms with Crippen LogP contribution in [0.4, 0.5) is 10.1 Å². The molecular weight excluding hydrogens is 269 g/mol. The van der Waals surface area contributed by atoms with E-state index in [-0.39, 0.29) is 11.6 Å². The van der Waals surface area contributed by atoms with Crippen molar-refractivity contribution in [2.75, 3.05) is 5.32 Å². The Kier molecular flexibility index (Phi) is 4.37. The van der Waals surface area contributed by atoms with Crippen LogP contribution in [0.25, 0.3) is 0 Å². The zero-order valence-electron chi connectivity index (χ0n) is 10.8. The Balaban J connectivity index is 1.98. The molecule has 0 fully saturated rings. The lowest BCUT2D eigenvalue weighted by Gasteiger charge is -2.05. The third-order valence-corrected chi connectivity index (χ3v) is 2.77. The first-order chi connectivity index (χ1) is 9.06. The van der Waals surface area contributed by atoms with Gasteiger partial charge in [-0.1, -0.05) is 36.7 Å². The topological polar surface area (TPSA) is 51.0 Å². The van der Waals surface area contributed by atoms with E-state index in [1.807, 2.05) is 0 Å². The molecule has 1 aromatic heterocycles. The second-order valence-electron chi connectivity index (χ2n) is 4.66. The van der Waals surface area contributed by atoms with Crippen molar-refractivity contribution >= 4 is 17.3 Å². The molecule has 6 heteroatoms. The Morgan fingerprint density at radius 3 is 2.95 bits per heavy atom. The van der Waals surface area contributed by atoms with Gasteiger partial charge in [0.15, 0.2) is 11.6 Å². The highest BCUT2D eigenvalue weighted by Crippen LogP contribution is 2.22. The fourth-order valence-electron chi connectivity index (χ4n) is 1.62. The average Bonchev–Trinajstić information content (AvgIpc) is 2.78. The Morgan fingerprint density at radius 2 is 2.21 bits per heavy atom. The summed E-state index contributed by atoms with van der Waals surface area (Å²) in [5.74, 6) is 1.07. The summed E-state index contributed by atoms with van der Waals surface area (Å²) in [4.78, 5) is 4.22. The van der Waals surface area contributed by atoms with Crippen LogP contribution >= 0.6 is 11.6 Å². The molecule has 0 spiro atoms. The summed E-state index contributed by atoms with van der Waals surface area (Å²) >= 11 is 5.69. The molecule has 4 nitrogen and oxygen atoms in total. The van der Waals surface area contributed by atoms with Crippen molar-refractivity contribution < 1.29 is 8.91 Å². The lowest BCUT2D eigenvalue weighted by Crippen LogP contribution is -2.02. The molecule has 0 aliphatic carbocycles. The molecule has 0 amide bonds. The number of aromatic nitrogens is 2. The third kappa shape index (κ3) is 3.67. The molecule has 1 aromatic carbocycles. The summed E-state index contributed by atoms with van der Waals surface area (Å²) in [6.45, 7) is 4.42. The van der Waals surface area contributed by atoms with Gasteiger partial charge in [0, 0.05) is 6.42 Å². The Hall–Kier alpha value is -1.62. The van der Waals surface area contributed by atoms with Crippen molar-refractivity contribution in [1.29, 1.82) is 0 Å². The quantitative estimate of drug-likeness (QED) is 0.909. The van der Waals surface area contributed by atoms with Crippen LogP contribution in [0.1, 0.15) is 25.6 Å². The van der Waals surface area contributed by atoms with E-state index in [4.69, 9.17) is 16.1 Å². The van der Waals surface area contributed by atoms with Gasteiger partial charge < -0.3 is 9.84 Å². The first-order valence-corrected chi connectivity index (χ1v) is 6.43. The lowest BCUT2D eigenvalue weighted by atomic mass is 10.1. The van der Waals surface area contributed by atoms with Crippen LogP contribution in [0, 0.1) is 11.7 Å². The van der Waals surface area contributed by atoms with E-state index in [0.29, 0.717) is 23.3 Å². The first-order valence-electron chi connectivity index (χ1n) is 6.05. The highest BCUT2D eigenvalue weighted by Gasteiger charge is 2.10. The number of hydrogen-bond acceptors (Lipinski definition) is 4. The normalized spacial score (nSPS) is 11.0. The van der Waals surface area contributed by atoms with E-state index in [0.717, 1.165) is 6.42 Å². The second kappa shape index (κ2) is 6.02. The number of benzene rings is 1. The Morgan fingerprint density at radius 1 is 1.42 bits per heavy atom. The maximum atomic E-state index is 13.6. The summed E-state index contributed by atoms with van der Waals surface area (Å²) in [6.07, 6.45) is 0.759. The fraction of sp³-hybridized carbons (Fsp3) is 0.385. The number of anilines is 1. The molecule has 0 aliphatic rings. The van der Waals surface area contributed by atoms with Gasteiger partial charge in [-0.3, -0.25) is 0 Å². The number of hydrogen-bond donors (Lipinski definition) is 1. The monoisotopic (exact) mass is 283 g/mol. The largest absolute Gasteiger partial charge is 0.374 e. The van der Waals surface area contributed by atoms with Crippen LogP contribution in [0.5, 0.6) is 0 Å². The van der Waals surface area contributed by atoms with Crippen LogP contribution in [0.2, 0.25) is 5.02 Å². The molecule has 0 atom stereocenters. The van der Waals surface area contributed by atoms with E-state index in [1.54, 1.807) is 12.1 Å². The van der Waals surface area contributed by atoms with Gasteiger partial charge >= 0.3 is 0 Å². The predicted molar refractivity (Wildman–Crippen MR) is 71.6 cm³/mol. The van der Waals surface area contributed by atoms with Gasteiger partial charge in [0.1, 0.15) is 0 Å². The van der Waals surface area contributed by atoms with Crippen LogP contribution in [0.15, 0.2) is 22.7 Å². The van der Waals surface area contributed by atoms with E-state index in [9.17, 15) is 4.39 Å². The van der Waals surface area contributed by atoms with Crippen molar-refractivity contribution in [2.24, 2.45) is 5.92 Å². The highest BCUT2D eigenvalue weighted by molar-refractivity contribution is 6.31. The maximum Gasteiger partial charge on any atom is 0.245 e. The van der Waals surface area contributed by atoms with Gasteiger partial charge in [-0.05, 0) is 18.1 Å². The van der Waals surface area contributed by atoms with E-state index in [2.05, 4.69) is 29.3 Å². The summed E-state index contributed by atoms with van der Waals surface area (Å²) in [7, 11) is 0. The summed E-state index contributed by atoms with van der Waals surface area (Å²) < 4.78 is 18.7. The van der Waals surface area contributed by atoms with Gasteiger partial charge in [-0.15, -0.1) is 0 Å². The summed E-state index contributed by atoms with van der Waals surface area (Å²) in [5, 5.41) is 6.82. The van der Waals surface area contributed by atoms with Crippen LogP contribution < -0.4 is 5.32 Å². The molecule has 1 N–H and O–H groups in total. The average molecular weight is 284 g/mol. The van der Waals surface area contributed by atoms with Gasteiger partial charge in [0.2, 0.25) is 5.89 Å². The van der Waals surface area contributed by atoms with Gasteiger partial charge in [0.25, 0.3) is 0 Å². The summed E-state index contributed by atoms with van der Waals surface area (Å²) in [6, 6.07) is 4.77. The summed E-state index contributed by atoms with van der Waals surface area (Å²) in [5.41, 5.74) is 0.316. The third-order valence-electron chi connectivity index (χ3n) is 2.48. The van der Waals surface area contributed by atoms with Crippen molar-refractivity contribution in [3.8, 4) is 0 Å².